The van der Waals surface area contributed by atoms with Gasteiger partial charge in [-0.25, -0.2) is 0 Å². The molecule has 1 heteroatoms. The van der Waals surface area contributed by atoms with Crippen LogP contribution in [0, 0.1) is 13.5 Å². The van der Waals surface area contributed by atoms with E-state index in [0.717, 1.165) is 5.69 Å². The van der Waals surface area contributed by atoms with E-state index in [9.17, 15) is 0 Å². The fourth-order valence-corrected chi connectivity index (χ4v) is 1.37. The molecule has 1 nitrogen and oxygen atoms in total. The molecule has 0 bridgehead atoms. The van der Waals surface area contributed by atoms with E-state index in [2.05, 4.69) is 48.6 Å². The lowest BCUT2D eigenvalue weighted by atomic mass is 10.2. The monoisotopic (exact) mass is 196 g/mol. The lowest BCUT2D eigenvalue weighted by molar-refractivity contribution is 1.39. The minimum absolute atomic E-state index is 1.12. The highest BCUT2D eigenvalue weighted by atomic mass is 14.9. The van der Waals surface area contributed by atoms with Crippen LogP contribution in [-0.4, -0.2) is 0 Å². The summed E-state index contributed by atoms with van der Waals surface area (Å²) in [4.78, 5) is 0. The van der Waals surface area contributed by atoms with E-state index in [1.807, 2.05) is 24.7 Å². The molecular formula is C14H14N. The third-order valence-electron chi connectivity index (χ3n) is 2.26. The summed E-state index contributed by atoms with van der Waals surface area (Å²) in [5.41, 5.74) is 3.57. The van der Waals surface area contributed by atoms with Gasteiger partial charge >= 0.3 is 0 Å². The second kappa shape index (κ2) is 4.65. The molecule has 15 heavy (non-hydrogen) atoms. The molecule has 1 N–H and O–H groups in total. The molecule has 0 atom stereocenters. The maximum absolute atomic E-state index is 3.26. The van der Waals surface area contributed by atoms with Crippen molar-refractivity contribution < 1.29 is 0 Å². The summed E-state index contributed by atoms with van der Waals surface area (Å²) in [6.45, 7) is 4.09. The summed E-state index contributed by atoms with van der Waals surface area (Å²) >= 11 is 0. The van der Waals surface area contributed by atoms with E-state index in [4.69, 9.17) is 0 Å². The zero-order chi connectivity index (χ0) is 10.5. The van der Waals surface area contributed by atoms with E-state index < -0.39 is 0 Å². The number of benzene rings is 2. The fourth-order valence-electron chi connectivity index (χ4n) is 1.37. The molecule has 1 radical (unpaired) electrons. The Bertz CT molecular complexity index is 403. The molecule has 0 unspecified atom stereocenters. The second-order valence-corrected chi connectivity index (χ2v) is 3.57. The first-order valence-electron chi connectivity index (χ1n) is 5.06. The predicted octanol–water partition coefficient (Wildman–Crippen LogP) is 3.62. The van der Waals surface area contributed by atoms with E-state index in [0.29, 0.717) is 0 Å². The Hall–Kier alpha value is -1.76. The summed E-state index contributed by atoms with van der Waals surface area (Å²) in [6, 6.07) is 18.6. The lowest BCUT2D eigenvalue weighted by Crippen LogP contribution is -1.95. The van der Waals surface area contributed by atoms with E-state index in [-0.39, 0.29) is 0 Å². The molecular weight excluding hydrogens is 182 g/mol. The van der Waals surface area contributed by atoms with Gasteiger partial charge in [-0.2, -0.15) is 0 Å². The van der Waals surface area contributed by atoms with E-state index >= 15 is 0 Å². The molecule has 2 aromatic carbocycles. The highest BCUT2D eigenvalue weighted by Crippen LogP contribution is 2.11. The predicted molar refractivity (Wildman–Crippen MR) is 64.6 cm³/mol. The van der Waals surface area contributed by atoms with Crippen LogP contribution in [0.4, 0.5) is 5.69 Å². The maximum atomic E-state index is 3.26. The van der Waals surface area contributed by atoms with Crippen molar-refractivity contribution in [3.8, 4) is 0 Å². The highest BCUT2D eigenvalue weighted by Gasteiger charge is 1.93. The Balaban J connectivity index is 1.96. The van der Waals surface area contributed by atoms with Crippen LogP contribution in [0.25, 0.3) is 0 Å². The third kappa shape index (κ3) is 2.84. The highest BCUT2D eigenvalue weighted by molar-refractivity contribution is 5.48. The zero-order valence-corrected chi connectivity index (χ0v) is 8.77. The van der Waals surface area contributed by atoms with Crippen molar-refractivity contribution in [1.82, 2.24) is 0 Å². The van der Waals surface area contributed by atoms with Crippen LogP contribution in [-0.2, 0) is 0 Å². The van der Waals surface area contributed by atoms with Gasteiger partial charge in [0.05, 0.1) is 6.54 Å². The summed E-state index contributed by atoms with van der Waals surface area (Å²) in [5.74, 6) is 0. The molecule has 75 valence electrons. The molecule has 0 aliphatic carbocycles. The van der Waals surface area contributed by atoms with Crippen LogP contribution < -0.4 is 5.32 Å². The SMILES string of the molecule is Cc1ccc(N[CH]c2ccccc2)cc1. The van der Waals surface area contributed by atoms with Gasteiger partial charge in [-0.1, -0.05) is 48.0 Å². The molecule has 2 rings (SSSR count). The number of aryl methyl sites for hydroxylation is 1. The van der Waals surface area contributed by atoms with Crippen molar-refractivity contribution >= 4 is 5.69 Å². The van der Waals surface area contributed by atoms with Gasteiger partial charge < -0.3 is 5.32 Å². The molecule has 0 aliphatic heterocycles. The van der Waals surface area contributed by atoms with Gasteiger partial charge in [0.1, 0.15) is 0 Å². The van der Waals surface area contributed by atoms with Crippen molar-refractivity contribution in [2.75, 3.05) is 5.32 Å². The van der Waals surface area contributed by atoms with Gasteiger partial charge in [0, 0.05) is 5.69 Å². The van der Waals surface area contributed by atoms with Crippen molar-refractivity contribution in [2.24, 2.45) is 0 Å². The first-order chi connectivity index (χ1) is 7.34. The van der Waals surface area contributed by atoms with Crippen molar-refractivity contribution in [3.05, 3.63) is 72.3 Å². The molecule has 0 fully saturated rings. The van der Waals surface area contributed by atoms with Crippen LogP contribution in [0.15, 0.2) is 54.6 Å². The number of nitrogens with one attached hydrogen (secondary N) is 1. The van der Waals surface area contributed by atoms with Crippen LogP contribution in [0.1, 0.15) is 11.1 Å². The average molecular weight is 196 g/mol. The van der Waals surface area contributed by atoms with Gasteiger partial charge in [-0.3, -0.25) is 0 Å². The number of hydrogen-bond acceptors (Lipinski definition) is 1. The Morgan fingerprint density at radius 2 is 1.53 bits per heavy atom. The standard InChI is InChI=1S/C14H14N/c1-12-7-9-14(10-8-12)15-11-13-5-3-2-4-6-13/h2-11,15H,1H3. The maximum Gasteiger partial charge on any atom is 0.0757 e. The summed E-state index contributed by atoms with van der Waals surface area (Å²) < 4.78 is 0. The fraction of sp³-hybridized carbons (Fsp3) is 0.0714. The van der Waals surface area contributed by atoms with E-state index in [1.165, 1.54) is 11.1 Å². The van der Waals surface area contributed by atoms with Gasteiger partial charge in [0.15, 0.2) is 0 Å². The number of rotatable bonds is 3. The molecule has 0 aromatic heterocycles. The zero-order valence-electron chi connectivity index (χ0n) is 8.77. The second-order valence-electron chi connectivity index (χ2n) is 3.57. The molecule has 0 spiro atoms. The van der Waals surface area contributed by atoms with Crippen LogP contribution in [0.2, 0.25) is 0 Å². The Morgan fingerprint density at radius 1 is 0.867 bits per heavy atom. The lowest BCUT2D eigenvalue weighted by Gasteiger charge is -2.05. The Kier molecular flexibility index (Phi) is 3.03. The topological polar surface area (TPSA) is 12.0 Å². The molecule has 0 heterocycles. The van der Waals surface area contributed by atoms with Gasteiger partial charge in [-0.05, 0) is 24.6 Å². The third-order valence-corrected chi connectivity index (χ3v) is 2.26. The average Bonchev–Trinajstić information content (AvgIpc) is 2.30. The largest absolute Gasteiger partial charge is 0.376 e. The van der Waals surface area contributed by atoms with Crippen molar-refractivity contribution in [1.29, 1.82) is 0 Å². The van der Waals surface area contributed by atoms with Gasteiger partial charge in [0.25, 0.3) is 0 Å². The first kappa shape index (κ1) is 9.78. The molecule has 0 aliphatic rings. The molecule has 0 saturated heterocycles. The van der Waals surface area contributed by atoms with Crippen molar-refractivity contribution in [2.45, 2.75) is 6.92 Å². The van der Waals surface area contributed by atoms with Gasteiger partial charge in [0.2, 0.25) is 0 Å². The first-order valence-corrected chi connectivity index (χ1v) is 5.06. The quantitative estimate of drug-likeness (QED) is 0.790. The smallest absolute Gasteiger partial charge is 0.0757 e. The van der Waals surface area contributed by atoms with Crippen molar-refractivity contribution in [3.63, 3.8) is 0 Å². The summed E-state index contributed by atoms with van der Waals surface area (Å²) in [7, 11) is 0. The van der Waals surface area contributed by atoms with E-state index in [1.54, 1.807) is 0 Å². The normalized spacial score (nSPS) is 9.93. The number of hydrogen-bond donors (Lipinski definition) is 1. The van der Waals surface area contributed by atoms with Crippen LogP contribution in [0.5, 0.6) is 0 Å². The van der Waals surface area contributed by atoms with Crippen LogP contribution in [0.3, 0.4) is 0 Å². The summed E-state index contributed by atoms with van der Waals surface area (Å²) in [6.07, 6.45) is 0. The number of anilines is 1. The molecule has 0 amide bonds. The molecule has 0 saturated carbocycles. The minimum Gasteiger partial charge on any atom is -0.376 e. The minimum atomic E-state index is 1.12. The summed E-state index contributed by atoms with van der Waals surface area (Å²) in [5, 5.41) is 3.26. The van der Waals surface area contributed by atoms with Crippen LogP contribution >= 0.6 is 0 Å². The molecule has 2 aromatic rings. The van der Waals surface area contributed by atoms with Gasteiger partial charge in [-0.15, -0.1) is 0 Å². The Morgan fingerprint density at radius 3 is 2.20 bits per heavy atom. The Labute approximate surface area is 90.8 Å².